The normalized spacial score (nSPS) is 11.7. The Bertz CT molecular complexity index is 930. The maximum absolute atomic E-state index is 12.5. The van der Waals surface area contributed by atoms with Crippen LogP contribution < -0.4 is 14.8 Å². The van der Waals surface area contributed by atoms with Gasteiger partial charge in [0.1, 0.15) is 11.5 Å². The van der Waals surface area contributed by atoms with Gasteiger partial charge in [0.15, 0.2) is 6.61 Å². The summed E-state index contributed by atoms with van der Waals surface area (Å²) in [6, 6.07) is 22.6. The first-order valence-electron chi connectivity index (χ1n) is 9.10. The number of amides is 1. The number of nitrogens with one attached hydrogen (secondary N) is 1. The molecule has 0 spiro atoms. The minimum absolute atomic E-state index is 0.0600. The molecule has 1 N–H and O–H groups in total. The first-order valence-corrected chi connectivity index (χ1v) is 9.10. The summed E-state index contributed by atoms with van der Waals surface area (Å²) >= 11 is 0. The van der Waals surface area contributed by atoms with E-state index in [1.54, 1.807) is 18.2 Å². The monoisotopic (exact) mass is 397 g/mol. The maximum Gasteiger partial charge on any atom is 0.387 e. The fourth-order valence-electron chi connectivity index (χ4n) is 2.91. The average molecular weight is 397 g/mol. The summed E-state index contributed by atoms with van der Waals surface area (Å²) in [5.74, 6) is 0.409. The number of alkyl halides is 2. The quantitative estimate of drug-likeness (QED) is 0.589. The highest BCUT2D eigenvalue weighted by Gasteiger charge is 2.18. The van der Waals surface area contributed by atoms with Crippen molar-refractivity contribution in [3.8, 4) is 11.5 Å². The Morgan fingerprint density at radius 2 is 1.52 bits per heavy atom. The molecule has 29 heavy (non-hydrogen) atoms. The molecular weight excluding hydrogens is 376 g/mol. The second kappa shape index (κ2) is 9.68. The molecule has 0 aliphatic rings. The molecule has 0 aliphatic carbocycles. The van der Waals surface area contributed by atoms with E-state index in [0.717, 1.165) is 16.7 Å². The zero-order valence-corrected chi connectivity index (χ0v) is 15.8. The molecule has 0 bridgehead atoms. The number of halogens is 2. The van der Waals surface area contributed by atoms with E-state index in [-0.39, 0.29) is 18.3 Å². The van der Waals surface area contributed by atoms with Gasteiger partial charge in [0.05, 0.1) is 6.04 Å². The van der Waals surface area contributed by atoms with E-state index in [0.29, 0.717) is 5.75 Å². The van der Waals surface area contributed by atoms with Gasteiger partial charge in [0.25, 0.3) is 5.91 Å². The fraction of sp³-hybridized carbons (Fsp3) is 0.174. The smallest absolute Gasteiger partial charge is 0.387 e. The Morgan fingerprint density at radius 1 is 0.897 bits per heavy atom. The Kier molecular flexibility index (Phi) is 6.79. The van der Waals surface area contributed by atoms with Gasteiger partial charge in [-0.2, -0.15) is 8.78 Å². The van der Waals surface area contributed by atoms with Crippen LogP contribution in [0.1, 0.15) is 22.7 Å². The highest BCUT2D eigenvalue weighted by molar-refractivity contribution is 5.78. The molecule has 0 heterocycles. The van der Waals surface area contributed by atoms with E-state index < -0.39 is 12.7 Å². The topological polar surface area (TPSA) is 47.6 Å². The SMILES string of the molecule is Cc1ccccc1OCC(=O)N[C@H](c1ccccc1)c1ccc(OC(F)F)cc1. The van der Waals surface area contributed by atoms with Gasteiger partial charge in [0.2, 0.25) is 0 Å². The number of ether oxygens (including phenoxy) is 2. The van der Waals surface area contributed by atoms with Gasteiger partial charge in [-0.25, -0.2) is 0 Å². The number of hydrogen-bond donors (Lipinski definition) is 1. The minimum Gasteiger partial charge on any atom is -0.484 e. The van der Waals surface area contributed by atoms with Crippen molar-refractivity contribution in [3.63, 3.8) is 0 Å². The summed E-state index contributed by atoms with van der Waals surface area (Å²) in [6.45, 7) is -1.12. The summed E-state index contributed by atoms with van der Waals surface area (Å²) in [7, 11) is 0. The summed E-state index contributed by atoms with van der Waals surface area (Å²) in [4.78, 5) is 12.5. The molecule has 3 aromatic rings. The first-order chi connectivity index (χ1) is 14.0. The predicted molar refractivity (Wildman–Crippen MR) is 106 cm³/mol. The van der Waals surface area contributed by atoms with Crippen molar-refractivity contribution in [2.45, 2.75) is 19.6 Å². The third-order valence-corrected chi connectivity index (χ3v) is 4.33. The molecule has 0 aromatic heterocycles. The van der Waals surface area contributed by atoms with Crippen LogP contribution in [0.2, 0.25) is 0 Å². The molecule has 0 aliphatic heterocycles. The number of rotatable bonds is 8. The van der Waals surface area contributed by atoms with Crippen molar-refractivity contribution in [2.75, 3.05) is 6.61 Å². The summed E-state index contributed by atoms with van der Waals surface area (Å²) in [6.07, 6.45) is 0. The van der Waals surface area contributed by atoms with Gasteiger partial charge in [-0.1, -0.05) is 60.7 Å². The summed E-state index contributed by atoms with van der Waals surface area (Å²) in [5, 5.41) is 2.95. The lowest BCUT2D eigenvalue weighted by atomic mass is 9.98. The Labute approximate surface area is 168 Å². The Balaban J connectivity index is 1.74. The first kappa shape index (κ1) is 20.3. The Hall–Kier alpha value is -3.41. The highest BCUT2D eigenvalue weighted by atomic mass is 19.3. The van der Waals surface area contributed by atoms with Gasteiger partial charge in [-0.15, -0.1) is 0 Å². The molecule has 0 unspecified atom stereocenters. The number of benzene rings is 3. The molecule has 3 rings (SSSR count). The van der Waals surface area contributed by atoms with Crippen LogP contribution in [0, 0.1) is 6.92 Å². The molecular formula is C23H21F2NO3. The molecule has 4 nitrogen and oxygen atoms in total. The van der Waals surface area contributed by atoms with Gasteiger partial charge < -0.3 is 14.8 Å². The lowest BCUT2D eigenvalue weighted by molar-refractivity contribution is -0.123. The van der Waals surface area contributed by atoms with Crippen LogP contribution >= 0.6 is 0 Å². The van der Waals surface area contributed by atoms with Crippen LogP contribution in [-0.4, -0.2) is 19.1 Å². The van der Waals surface area contributed by atoms with Crippen LogP contribution in [0.15, 0.2) is 78.9 Å². The van der Waals surface area contributed by atoms with E-state index in [1.165, 1.54) is 12.1 Å². The van der Waals surface area contributed by atoms with E-state index in [2.05, 4.69) is 10.1 Å². The van der Waals surface area contributed by atoms with Crippen LogP contribution in [0.25, 0.3) is 0 Å². The van der Waals surface area contributed by atoms with E-state index in [1.807, 2.05) is 55.5 Å². The molecule has 1 atom stereocenters. The van der Waals surface area contributed by atoms with E-state index in [4.69, 9.17) is 4.74 Å². The van der Waals surface area contributed by atoms with Crippen LogP contribution in [0.3, 0.4) is 0 Å². The number of hydrogen-bond acceptors (Lipinski definition) is 3. The molecule has 3 aromatic carbocycles. The molecule has 1 amide bonds. The fourth-order valence-corrected chi connectivity index (χ4v) is 2.91. The summed E-state index contributed by atoms with van der Waals surface area (Å²) < 4.78 is 34.8. The second-order valence-electron chi connectivity index (χ2n) is 6.41. The van der Waals surface area contributed by atoms with Crippen molar-refractivity contribution in [3.05, 3.63) is 95.6 Å². The predicted octanol–water partition coefficient (Wildman–Crippen LogP) is 4.88. The zero-order valence-electron chi connectivity index (χ0n) is 15.8. The van der Waals surface area contributed by atoms with Crippen molar-refractivity contribution >= 4 is 5.91 Å². The molecule has 6 heteroatoms. The van der Waals surface area contributed by atoms with E-state index in [9.17, 15) is 13.6 Å². The largest absolute Gasteiger partial charge is 0.484 e. The maximum atomic E-state index is 12.5. The number of carbonyl (C=O) groups is 1. The zero-order chi connectivity index (χ0) is 20.6. The van der Waals surface area contributed by atoms with Crippen LogP contribution in [-0.2, 0) is 4.79 Å². The molecule has 0 saturated heterocycles. The van der Waals surface area contributed by atoms with Crippen molar-refractivity contribution in [1.29, 1.82) is 0 Å². The van der Waals surface area contributed by atoms with E-state index >= 15 is 0 Å². The molecule has 0 fully saturated rings. The number of aryl methyl sites for hydroxylation is 1. The number of carbonyl (C=O) groups excluding carboxylic acids is 1. The summed E-state index contributed by atoms with van der Waals surface area (Å²) in [5.41, 5.74) is 2.54. The molecule has 150 valence electrons. The lowest BCUT2D eigenvalue weighted by Gasteiger charge is -2.20. The number of para-hydroxylation sites is 1. The van der Waals surface area contributed by atoms with Crippen LogP contribution in [0.4, 0.5) is 8.78 Å². The van der Waals surface area contributed by atoms with Gasteiger partial charge in [-0.3, -0.25) is 4.79 Å². The lowest BCUT2D eigenvalue weighted by Crippen LogP contribution is -2.33. The van der Waals surface area contributed by atoms with Gasteiger partial charge in [0, 0.05) is 0 Å². The van der Waals surface area contributed by atoms with Crippen molar-refractivity contribution < 1.29 is 23.0 Å². The van der Waals surface area contributed by atoms with Crippen LogP contribution in [0.5, 0.6) is 11.5 Å². The molecule has 0 saturated carbocycles. The highest BCUT2D eigenvalue weighted by Crippen LogP contribution is 2.25. The van der Waals surface area contributed by atoms with Crippen molar-refractivity contribution in [2.24, 2.45) is 0 Å². The second-order valence-corrected chi connectivity index (χ2v) is 6.41. The third kappa shape index (κ3) is 5.78. The average Bonchev–Trinajstić information content (AvgIpc) is 2.72. The third-order valence-electron chi connectivity index (χ3n) is 4.33. The van der Waals surface area contributed by atoms with Gasteiger partial charge >= 0.3 is 6.61 Å². The Morgan fingerprint density at radius 3 is 2.17 bits per heavy atom. The molecule has 0 radical (unpaired) electrons. The van der Waals surface area contributed by atoms with Gasteiger partial charge in [-0.05, 0) is 41.8 Å². The minimum atomic E-state index is -2.89. The standard InChI is InChI=1S/C23H21F2NO3/c1-16-7-5-6-10-20(16)28-15-21(27)26-22(17-8-3-2-4-9-17)18-11-13-19(14-12-18)29-23(24)25/h2-14,22-23H,15H2,1H3,(H,26,27)/t22-/m1/s1. The van der Waals surface area contributed by atoms with Crippen molar-refractivity contribution in [1.82, 2.24) is 5.32 Å².